The molecule has 0 spiro atoms. The molecule has 1 aromatic heterocycles. The fourth-order valence-corrected chi connectivity index (χ4v) is 3.76. The number of rotatable bonds is 6. The number of hydrogen-bond donors (Lipinski definition) is 2. The van der Waals surface area contributed by atoms with Gasteiger partial charge in [0.25, 0.3) is 0 Å². The van der Waals surface area contributed by atoms with Gasteiger partial charge in [-0.1, -0.05) is 24.3 Å². The maximum absolute atomic E-state index is 5.14. The van der Waals surface area contributed by atoms with Crippen molar-refractivity contribution < 1.29 is 4.74 Å². The molecule has 4 rings (SSSR count). The van der Waals surface area contributed by atoms with E-state index < -0.39 is 0 Å². The Kier molecular flexibility index (Phi) is 8.08. The van der Waals surface area contributed by atoms with Crippen LogP contribution in [0.2, 0.25) is 0 Å². The predicted molar refractivity (Wildman–Crippen MR) is 129 cm³/mol. The molecule has 0 radical (unpaired) electrons. The van der Waals surface area contributed by atoms with Crippen molar-refractivity contribution in [3.8, 4) is 0 Å². The maximum atomic E-state index is 5.14. The first-order valence-corrected chi connectivity index (χ1v) is 10.1. The number of nitrogens with zero attached hydrogens (tertiary/aromatic N) is 5. The summed E-state index contributed by atoms with van der Waals surface area (Å²) in [7, 11) is 3.47. The quantitative estimate of drug-likeness (QED) is 0.262. The van der Waals surface area contributed by atoms with Crippen molar-refractivity contribution in [1.29, 1.82) is 0 Å². The zero-order valence-corrected chi connectivity index (χ0v) is 19.9. The predicted octanol–water partition coefficient (Wildman–Crippen LogP) is 2.10. The van der Waals surface area contributed by atoms with Crippen LogP contribution in [-0.2, 0) is 30.9 Å². The van der Waals surface area contributed by atoms with E-state index in [0.29, 0.717) is 6.61 Å². The fourth-order valence-electron chi connectivity index (χ4n) is 3.76. The van der Waals surface area contributed by atoms with E-state index in [1.807, 2.05) is 4.68 Å². The number of halogens is 1. The van der Waals surface area contributed by atoms with Crippen LogP contribution in [0.1, 0.15) is 23.6 Å². The summed E-state index contributed by atoms with van der Waals surface area (Å²) in [5, 5.41) is 11.5. The summed E-state index contributed by atoms with van der Waals surface area (Å²) in [6.45, 7) is 3.96. The van der Waals surface area contributed by atoms with Crippen LogP contribution in [0.25, 0.3) is 0 Å². The largest absolute Gasteiger partial charge is 0.377 e. The van der Waals surface area contributed by atoms with Crippen LogP contribution in [-0.4, -0.2) is 54.0 Å². The Morgan fingerprint density at radius 1 is 1.23 bits per heavy atom. The molecule has 0 fully saturated rings. The molecule has 0 saturated heterocycles. The third-order valence-electron chi connectivity index (χ3n) is 5.32. The van der Waals surface area contributed by atoms with Crippen molar-refractivity contribution in [2.75, 3.05) is 32.1 Å². The highest BCUT2D eigenvalue weighted by molar-refractivity contribution is 14.0. The lowest BCUT2D eigenvalue weighted by Crippen LogP contribution is -2.46. The summed E-state index contributed by atoms with van der Waals surface area (Å²) in [6.07, 6.45) is 6.32. The Morgan fingerprint density at radius 2 is 2.00 bits per heavy atom. The molecular weight excluding hydrogens is 493 g/mol. The Balaban J connectivity index is 0.00000256. The summed E-state index contributed by atoms with van der Waals surface area (Å²) >= 11 is 0. The maximum Gasteiger partial charge on any atom is 0.191 e. The van der Waals surface area contributed by atoms with E-state index in [1.54, 1.807) is 14.2 Å². The molecular formula is C21H30IN7O. The molecule has 3 heterocycles. The Hall–Kier alpha value is -2.14. The summed E-state index contributed by atoms with van der Waals surface area (Å²) in [6, 6.07) is 8.99. The van der Waals surface area contributed by atoms with Crippen LogP contribution in [0, 0.1) is 0 Å². The van der Waals surface area contributed by atoms with E-state index in [-0.39, 0.29) is 30.0 Å². The van der Waals surface area contributed by atoms with E-state index in [4.69, 9.17) is 4.74 Å². The topological polar surface area (TPSA) is 79.6 Å². The van der Waals surface area contributed by atoms with Gasteiger partial charge < -0.3 is 20.3 Å². The average Bonchev–Trinajstić information content (AvgIpc) is 3.41. The smallest absolute Gasteiger partial charge is 0.191 e. The number of methoxy groups -OCH3 is 1. The number of fused-ring (bicyclic) bond motifs is 1. The molecule has 8 nitrogen and oxygen atoms in total. The standard InChI is InChI=1S/C21H29N7O.HI/c1-22-21(23-13-16-5-8-18(9-6-16)27-11-3-4-12-27)24-17-7-10-20-25-19(15-29-2)26-28(20)14-17;/h3-6,8-9,17H,7,10-15H2,1-2H3,(H2,22,23,24);1H. The number of aliphatic imine (C=N–C) groups is 1. The van der Waals surface area contributed by atoms with Gasteiger partial charge in [0.05, 0.1) is 6.54 Å². The monoisotopic (exact) mass is 523 g/mol. The van der Waals surface area contributed by atoms with E-state index in [1.165, 1.54) is 11.3 Å². The van der Waals surface area contributed by atoms with Gasteiger partial charge in [-0.2, -0.15) is 5.10 Å². The van der Waals surface area contributed by atoms with Crippen molar-refractivity contribution in [1.82, 2.24) is 25.4 Å². The number of anilines is 1. The Morgan fingerprint density at radius 3 is 2.70 bits per heavy atom. The van der Waals surface area contributed by atoms with Gasteiger partial charge in [-0.05, 0) is 24.1 Å². The minimum Gasteiger partial charge on any atom is -0.377 e. The molecule has 2 aromatic rings. The number of hydrogen-bond acceptors (Lipinski definition) is 5. The highest BCUT2D eigenvalue weighted by Gasteiger charge is 2.22. The van der Waals surface area contributed by atoms with Crippen LogP contribution in [0.5, 0.6) is 0 Å². The molecule has 2 aliphatic rings. The summed E-state index contributed by atoms with van der Waals surface area (Å²) < 4.78 is 7.12. The molecule has 0 aliphatic carbocycles. The number of guanidine groups is 1. The lowest BCUT2D eigenvalue weighted by molar-refractivity contribution is 0.177. The lowest BCUT2D eigenvalue weighted by atomic mass is 10.1. The van der Waals surface area contributed by atoms with Crippen LogP contribution in [0.15, 0.2) is 41.4 Å². The highest BCUT2D eigenvalue weighted by atomic mass is 127. The molecule has 162 valence electrons. The van der Waals surface area contributed by atoms with E-state index in [2.05, 4.69) is 67.0 Å². The van der Waals surface area contributed by atoms with Gasteiger partial charge in [0.2, 0.25) is 0 Å². The van der Waals surface area contributed by atoms with Crippen LogP contribution in [0.4, 0.5) is 5.69 Å². The van der Waals surface area contributed by atoms with Crippen LogP contribution in [0.3, 0.4) is 0 Å². The molecule has 0 saturated carbocycles. The minimum absolute atomic E-state index is 0. The van der Waals surface area contributed by atoms with E-state index in [9.17, 15) is 0 Å². The summed E-state index contributed by atoms with van der Waals surface area (Å²) in [5.41, 5.74) is 2.50. The van der Waals surface area contributed by atoms with Gasteiger partial charge in [-0.25, -0.2) is 9.67 Å². The first-order valence-electron chi connectivity index (χ1n) is 10.1. The van der Waals surface area contributed by atoms with Gasteiger partial charge >= 0.3 is 0 Å². The summed E-state index contributed by atoms with van der Waals surface area (Å²) in [4.78, 5) is 11.3. The SMILES string of the molecule is CN=C(NCc1ccc(N2CC=CC2)cc1)NC1CCc2nc(COC)nn2C1.I. The van der Waals surface area contributed by atoms with Crippen molar-refractivity contribution in [2.24, 2.45) is 4.99 Å². The van der Waals surface area contributed by atoms with Crippen LogP contribution >= 0.6 is 24.0 Å². The Bertz CT molecular complexity index is 870. The molecule has 2 aliphatic heterocycles. The third-order valence-corrected chi connectivity index (χ3v) is 5.32. The van der Waals surface area contributed by atoms with Gasteiger partial charge in [0.1, 0.15) is 12.4 Å². The molecule has 2 N–H and O–H groups in total. The number of ether oxygens (including phenoxy) is 1. The second-order valence-electron chi connectivity index (χ2n) is 7.41. The van der Waals surface area contributed by atoms with Gasteiger partial charge in [-0.15, -0.1) is 24.0 Å². The molecule has 1 unspecified atom stereocenters. The lowest BCUT2D eigenvalue weighted by Gasteiger charge is -2.25. The molecule has 0 amide bonds. The molecule has 0 bridgehead atoms. The summed E-state index contributed by atoms with van der Waals surface area (Å²) in [5.74, 6) is 2.59. The van der Waals surface area contributed by atoms with Gasteiger partial charge in [-0.3, -0.25) is 4.99 Å². The molecule has 1 aromatic carbocycles. The molecule has 9 heteroatoms. The Labute approximate surface area is 194 Å². The van der Waals surface area contributed by atoms with Gasteiger partial charge in [0, 0.05) is 51.9 Å². The number of nitrogens with one attached hydrogen (secondary N) is 2. The van der Waals surface area contributed by atoms with Crippen LogP contribution < -0.4 is 15.5 Å². The highest BCUT2D eigenvalue weighted by Crippen LogP contribution is 2.17. The van der Waals surface area contributed by atoms with Gasteiger partial charge in [0.15, 0.2) is 11.8 Å². The van der Waals surface area contributed by atoms with E-state index in [0.717, 1.165) is 56.6 Å². The molecule has 30 heavy (non-hydrogen) atoms. The minimum atomic E-state index is 0. The first-order chi connectivity index (χ1) is 14.2. The fraction of sp³-hybridized carbons (Fsp3) is 0.476. The molecule has 1 atom stereocenters. The number of benzene rings is 1. The first kappa shape index (κ1) is 22.5. The van der Waals surface area contributed by atoms with Crippen molar-refractivity contribution in [3.05, 3.63) is 53.6 Å². The number of aromatic nitrogens is 3. The zero-order chi connectivity index (χ0) is 20.1. The average molecular weight is 523 g/mol. The normalized spacial score (nSPS) is 18.1. The van der Waals surface area contributed by atoms with Crippen molar-refractivity contribution in [2.45, 2.75) is 38.6 Å². The van der Waals surface area contributed by atoms with E-state index >= 15 is 0 Å². The number of aryl methyl sites for hydroxylation is 1. The second kappa shape index (κ2) is 10.8. The van der Waals surface area contributed by atoms with Crippen molar-refractivity contribution >= 4 is 35.6 Å². The zero-order valence-electron chi connectivity index (χ0n) is 17.5. The van der Waals surface area contributed by atoms with Crippen molar-refractivity contribution in [3.63, 3.8) is 0 Å². The third kappa shape index (κ3) is 5.51. The second-order valence-corrected chi connectivity index (χ2v) is 7.41.